The van der Waals surface area contributed by atoms with Crippen LogP contribution in [0.5, 0.6) is 5.88 Å². The fourth-order valence-electron chi connectivity index (χ4n) is 2.10. The number of hydrogen-bond donors (Lipinski definition) is 1. The molecule has 1 heterocycles. The van der Waals surface area contributed by atoms with Gasteiger partial charge in [0.15, 0.2) is 0 Å². The van der Waals surface area contributed by atoms with Crippen LogP contribution in [0.15, 0.2) is 41.6 Å². The van der Waals surface area contributed by atoms with Crippen molar-refractivity contribution >= 4 is 11.8 Å². The highest BCUT2D eigenvalue weighted by Crippen LogP contribution is 2.27. The zero-order valence-electron chi connectivity index (χ0n) is 12.7. The summed E-state index contributed by atoms with van der Waals surface area (Å²) in [5, 5.41) is 3.46. The van der Waals surface area contributed by atoms with Crippen LogP contribution in [0.2, 0.25) is 0 Å². The Kier molecular flexibility index (Phi) is 6.02. The van der Waals surface area contributed by atoms with E-state index in [-0.39, 0.29) is 6.04 Å². The van der Waals surface area contributed by atoms with Crippen molar-refractivity contribution in [2.75, 3.05) is 19.4 Å². The number of ether oxygens (including phenoxy) is 1. The second-order valence-electron chi connectivity index (χ2n) is 4.69. The van der Waals surface area contributed by atoms with Gasteiger partial charge in [-0.2, -0.15) is 0 Å². The van der Waals surface area contributed by atoms with E-state index >= 15 is 0 Å². The highest BCUT2D eigenvalue weighted by Gasteiger charge is 2.18. The lowest BCUT2D eigenvalue weighted by Gasteiger charge is -2.18. The van der Waals surface area contributed by atoms with Crippen LogP contribution in [0.4, 0.5) is 0 Å². The highest BCUT2D eigenvalue weighted by atomic mass is 32.2. The lowest BCUT2D eigenvalue weighted by molar-refractivity contribution is 0.381. The third kappa shape index (κ3) is 4.44. The van der Waals surface area contributed by atoms with Gasteiger partial charge in [-0.3, -0.25) is 4.98 Å². The molecular formula is C16H21N3OS. The van der Waals surface area contributed by atoms with Crippen molar-refractivity contribution in [1.82, 2.24) is 15.3 Å². The van der Waals surface area contributed by atoms with E-state index in [0.717, 1.165) is 18.0 Å². The van der Waals surface area contributed by atoms with Crippen molar-refractivity contribution in [2.45, 2.75) is 24.8 Å². The molecule has 1 unspecified atom stereocenters. The first-order valence-corrected chi connectivity index (χ1v) is 8.01. The quantitative estimate of drug-likeness (QED) is 0.796. The maximum Gasteiger partial charge on any atom is 0.237 e. The van der Waals surface area contributed by atoms with Gasteiger partial charge < -0.3 is 10.1 Å². The first-order chi connectivity index (χ1) is 10.2. The third-order valence-electron chi connectivity index (χ3n) is 3.07. The van der Waals surface area contributed by atoms with Gasteiger partial charge in [0.25, 0.3) is 0 Å². The van der Waals surface area contributed by atoms with Crippen LogP contribution in [-0.4, -0.2) is 29.4 Å². The molecule has 2 aromatic rings. The number of aromatic nitrogens is 2. The number of hydrogen-bond acceptors (Lipinski definition) is 5. The van der Waals surface area contributed by atoms with E-state index in [9.17, 15) is 0 Å². The van der Waals surface area contributed by atoms with Crippen LogP contribution in [0.3, 0.4) is 0 Å². The van der Waals surface area contributed by atoms with Crippen LogP contribution in [0.1, 0.15) is 24.2 Å². The Morgan fingerprint density at radius 3 is 2.81 bits per heavy atom. The Labute approximate surface area is 130 Å². The standard InChI is InChI=1S/C16H21N3OS/c1-4-17-14(15-16(20-3)19-9-8-18-15)11-21-13-7-5-6-12(2)10-13/h5-10,14,17H,4,11H2,1-3H3. The molecule has 1 atom stereocenters. The maximum atomic E-state index is 5.32. The van der Waals surface area contributed by atoms with Crippen molar-refractivity contribution in [3.63, 3.8) is 0 Å². The summed E-state index contributed by atoms with van der Waals surface area (Å²) < 4.78 is 5.32. The Balaban J connectivity index is 2.12. The molecular weight excluding hydrogens is 282 g/mol. The Hall–Kier alpha value is -1.59. The summed E-state index contributed by atoms with van der Waals surface area (Å²) in [6, 6.07) is 8.64. The number of nitrogens with one attached hydrogen (secondary N) is 1. The molecule has 0 radical (unpaired) electrons. The number of methoxy groups -OCH3 is 1. The molecule has 0 fully saturated rings. The molecule has 0 saturated heterocycles. The summed E-state index contributed by atoms with van der Waals surface area (Å²) in [6.45, 7) is 5.07. The maximum absolute atomic E-state index is 5.32. The monoisotopic (exact) mass is 303 g/mol. The molecule has 0 aliphatic heterocycles. The second kappa shape index (κ2) is 8.00. The molecule has 21 heavy (non-hydrogen) atoms. The smallest absolute Gasteiger partial charge is 0.237 e. The minimum Gasteiger partial charge on any atom is -0.480 e. The molecule has 0 aliphatic rings. The number of rotatable bonds is 7. The largest absolute Gasteiger partial charge is 0.480 e. The van der Waals surface area contributed by atoms with E-state index in [1.165, 1.54) is 10.5 Å². The summed E-state index contributed by atoms with van der Waals surface area (Å²) >= 11 is 1.81. The normalized spacial score (nSPS) is 12.1. The summed E-state index contributed by atoms with van der Waals surface area (Å²) in [4.78, 5) is 9.94. The van der Waals surface area contributed by atoms with E-state index in [1.54, 1.807) is 19.5 Å². The number of aryl methyl sites for hydroxylation is 1. The van der Waals surface area contributed by atoms with Crippen molar-refractivity contribution in [2.24, 2.45) is 0 Å². The van der Waals surface area contributed by atoms with Gasteiger partial charge in [-0.05, 0) is 25.6 Å². The van der Waals surface area contributed by atoms with Gasteiger partial charge in [0.1, 0.15) is 5.69 Å². The molecule has 0 saturated carbocycles. The van der Waals surface area contributed by atoms with Crippen LogP contribution in [0, 0.1) is 6.92 Å². The zero-order chi connectivity index (χ0) is 15.1. The fourth-order valence-corrected chi connectivity index (χ4v) is 3.18. The van der Waals surface area contributed by atoms with Crippen molar-refractivity contribution in [1.29, 1.82) is 0 Å². The van der Waals surface area contributed by atoms with Crippen molar-refractivity contribution in [3.05, 3.63) is 47.9 Å². The fraction of sp³-hybridized carbons (Fsp3) is 0.375. The van der Waals surface area contributed by atoms with Gasteiger partial charge in [0, 0.05) is 23.0 Å². The third-order valence-corrected chi connectivity index (χ3v) is 4.16. The molecule has 112 valence electrons. The average molecular weight is 303 g/mol. The highest BCUT2D eigenvalue weighted by molar-refractivity contribution is 7.99. The Bertz CT molecular complexity index is 577. The summed E-state index contributed by atoms with van der Waals surface area (Å²) in [5.74, 6) is 1.47. The molecule has 2 rings (SSSR count). The summed E-state index contributed by atoms with van der Waals surface area (Å²) in [7, 11) is 1.63. The van der Waals surface area contributed by atoms with E-state index < -0.39 is 0 Å². The topological polar surface area (TPSA) is 47.0 Å². The minimum atomic E-state index is 0.115. The van der Waals surface area contributed by atoms with Crippen LogP contribution in [0.25, 0.3) is 0 Å². The van der Waals surface area contributed by atoms with Gasteiger partial charge in [-0.15, -0.1) is 11.8 Å². The van der Waals surface area contributed by atoms with Crippen LogP contribution in [-0.2, 0) is 0 Å². The lowest BCUT2D eigenvalue weighted by atomic mass is 10.2. The molecule has 0 aliphatic carbocycles. The summed E-state index contributed by atoms with van der Waals surface area (Å²) in [6.07, 6.45) is 3.36. The first kappa shape index (κ1) is 15.8. The number of nitrogens with zero attached hydrogens (tertiary/aromatic N) is 2. The molecule has 1 aromatic heterocycles. The van der Waals surface area contributed by atoms with Crippen molar-refractivity contribution < 1.29 is 4.74 Å². The zero-order valence-corrected chi connectivity index (χ0v) is 13.5. The molecule has 0 bridgehead atoms. The molecule has 0 amide bonds. The molecule has 4 nitrogen and oxygen atoms in total. The van der Waals surface area contributed by atoms with E-state index in [4.69, 9.17) is 4.74 Å². The molecule has 0 spiro atoms. The van der Waals surface area contributed by atoms with E-state index in [2.05, 4.69) is 53.4 Å². The minimum absolute atomic E-state index is 0.115. The molecule has 1 aromatic carbocycles. The van der Waals surface area contributed by atoms with Gasteiger partial charge in [0.05, 0.1) is 13.2 Å². The van der Waals surface area contributed by atoms with Crippen LogP contribution < -0.4 is 10.1 Å². The first-order valence-electron chi connectivity index (χ1n) is 7.02. The SMILES string of the molecule is CCNC(CSc1cccc(C)c1)c1nccnc1OC. The molecule has 5 heteroatoms. The predicted molar refractivity (Wildman–Crippen MR) is 86.9 cm³/mol. The average Bonchev–Trinajstić information content (AvgIpc) is 2.51. The second-order valence-corrected chi connectivity index (χ2v) is 5.78. The number of benzene rings is 1. The van der Waals surface area contributed by atoms with E-state index in [1.807, 2.05) is 11.8 Å². The lowest BCUT2D eigenvalue weighted by Crippen LogP contribution is -2.24. The number of thioether (sulfide) groups is 1. The van der Waals surface area contributed by atoms with E-state index in [0.29, 0.717) is 5.88 Å². The van der Waals surface area contributed by atoms with Gasteiger partial charge in [0.2, 0.25) is 5.88 Å². The van der Waals surface area contributed by atoms with Crippen molar-refractivity contribution in [3.8, 4) is 5.88 Å². The van der Waals surface area contributed by atoms with Crippen LogP contribution >= 0.6 is 11.8 Å². The van der Waals surface area contributed by atoms with Gasteiger partial charge in [-0.1, -0.05) is 24.6 Å². The van der Waals surface area contributed by atoms with Gasteiger partial charge in [-0.25, -0.2) is 4.98 Å². The predicted octanol–water partition coefficient (Wildman–Crippen LogP) is 3.24. The molecule has 1 N–H and O–H groups in total. The van der Waals surface area contributed by atoms with Gasteiger partial charge >= 0.3 is 0 Å². The Morgan fingerprint density at radius 1 is 1.29 bits per heavy atom. The Morgan fingerprint density at radius 2 is 2.10 bits per heavy atom. The summed E-state index contributed by atoms with van der Waals surface area (Å²) in [5.41, 5.74) is 2.14.